The van der Waals surface area contributed by atoms with Crippen LogP contribution in [0.5, 0.6) is 5.75 Å². The molecule has 16 heavy (non-hydrogen) atoms. The Morgan fingerprint density at radius 3 is 2.81 bits per heavy atom. The molecular formula is C12H18BrNO2. The van der Waals surface area contributed by atoms with Crippen molar-refractivity contribution in [1.82, 2.24) is 0 Å². The van der Waals surface area contributed by atoms with E-state index in [2.05, 4.69) is 22.9 Å². The van der Waals surface area contributed by atoms with Crippen LogP contribution in [-0.2, 0) is 11.2 Å². The van der Waals surface area contributed by atoms with Crippen molar-refractivity contribution in [1.29, 1.82) is 0 Å². The minimum atomic E-state index is 0.189. The maximum Gasteiger partial charge on any atom is 0.188 e. The predicted molar refractivity (Wildman–Crippen MR) is 68.6 cm³/mol. The summed E-state index contributed by atoms with van der Waals surface area (Å²) in [4.78, 5) is 0. The van der Waals surface area contributed by atoms with Gasteiger partial charge in [-0.1, -0.05) is 22.9 Å². The summed E-state index contributed by atoms with van der Waals surface area (Å²) in [5.74, 6) is 0.809. The molecule has 90 valence electrons. The third-order valence-electron chi connectivity index (χ3n) is 2.37. The summed E-state index contributed by atoms with van der Waals surface area (Å²) < 4.78 is 11.3. The zero-order valence-corrected chi connectivity index (χ0v) is 11.3. The molecule has 0 aromatic heterocycles. The van der Waals surface area contributed by atoms with Crippen LogP contribution in [0.4, 0.5) is 0 Å². The smallest absolute Gasteiger partial charge is 0.188 e. The highest BCUT2D eigenvalue weighted by molar-refractivity contribution is 9.10. The molecule has 0 amide bonds. The highest BCUT2D eigenvalue weighted by Gasteiger charge is 2.07. The summed E-state index contributed by atoms with van der Waals surface area (Å²) in [5.41, 5.74) is 7.11. The van der Waals surface area contributed by atoms with E-state index in [1.54, 1.807) is 7.11 Å². The molecule has 0 aliphatic carbocycles. The second kappa shape index (κ2) is 6.89. The highest BCUT2D eigenvalue weighted by atomic mass is 79.9. The minimum absolute atomic E-state index is 0.189. The fourth-order valence-electron chi connectivity index (χ4n) is 1.35. The Labute approximate surface area is 105 Å². The van der Waals surface area contributed by atoms with Crippen LogP contribution in [0.25, 0.3) is 0 Å². The van der Waals surface area contributed by atoms with Crippen LogP contribution >= 0.6 is 15.9 Å². The molecule has 1 aromatic rings. The molecule has 0 radical (unpaired) electrons. The molecular weight excluding hydrogens is 270 g/mol. The van der Waals surface area contributed by atoms with Gasteiger partial charge in [0.1, 0.15) is 5.75 Å². The zero-order chi connectivity index (χ0) is 12.0. The summed E-state index contributed by atoms with van der Waals surface area (Å²) >= 11 is 3.51. The molecule has 0 aliphatic rings. The van der Waals surface area contributed by atoms with E-state index in [9.17, 15) is 0 Å². The van der Waals surface area contributed by atoms with Crippen molar-refractivity contribution >= 4 is 15.9 Å². The summed E-state index contributed by atoms with van der Waals surface area (Å²) in [6, 6.07) is 6.07. The van der Waals surface area contributed by atoms with Crippen molar-refractivity contribution in [3.05, 3.63) is 28.2 Å². The van der Waals surface area contributed by atoms with Gasteiger partial charge in [0, 0.05) is 17.6 Å². The van der Waals surface area contributed by atoms with Crippen LogP contribution < -0.4 is 10.5 Å². The van der Waals surface area contributed by atoms with Crippen molar-refractivity contribution < 1.29 is 9.47 Å². The molecule has 1 unspecified atom stereocenters. The Hall–Kier alpha value is -0.580. The van der Waals surface area contributed by atoms with Crippen molar-refractivity contribution in [2.75, 3.05) is 13.9 Å². The Bertz CT molecular complexity index is 331. The van der Waals surface area contributed by atoms with Gasteiger partial charge < -0.3 is 15.2 Å². The Kier molecular flexibility index (Phi) is 5.80. The van der Waals surface area contributed by atoms with Crippen LogP contribution in [0.3, 0.4) is 0 Å². The molecule has 2 N–H and O–H groups in total. The molecule has 4 heteroatoms. The van der Waals surface area contributed by atoms with Gasteiger partial charge in [0.2, 0.25) is 0 Å². The van der Waals surface area contributed by atoms with E-state index in [4.69, 9.17) is 15.2 Å². The number of methoxy groups -OCH3 is 1. The quantitative estimate of drug-likeness (QED) is 0.819. The number of hydrogen-bond donors (Lipinski definition) is 1. The van der Waals surface area contributed by atoms with Crippen LogP contribution in [0.1, 0.15) is 18.9 Å². The van der Waals surface area contributed by atoms with Gasteiger partial charge in [0.25, 0.3) is 0 Å². The maximum absolute atomic E-state index is 5.94. The Balaban J connectivity index is 2.73. The first kappa shape index (κ1) is 13.5. The number of ether oxygens (including phenoxy) is 2. The standard InChI is InChI=1S/C12H18BrNO2/c1-3-10(14)6-9-7-11(16-8-15-2)4-5-12(9)13/h4-5,7,10H,3,6,8,14H2,1-2H3. The highest BCUT2D eigenvalue weighted by Crippen LogP contribution is 2.24. The van der Waals surface area contributed by atoms with E-state index in [-0.39, 0.29) is 12.8 Å². The molecule has 1 rings (SSSR count). The van der Waals surface area contributed by atoms with E-state index in [1.807, 2.05) is 18.2 Å². The lowest BCUT2D eigenvalue weighted by Gasteiger charge is -2.12. The Morgan fingerprint density at radius 1 is 1.44 bits per heavy atom. The van der Waals surface area contributed by atoms with Gasteiger partial charge in [-0.25, -0.2) is 0 Å². The van der Waals surface area contributed by atoms with E-state index >= 15 is 0 Å². The third-order valence-corrected chi connectivity index (χ3v) is 3.14. The maximum atomic E-state index is 5.94. The van der Waals surface area contributed by atoms with Crippen molar-refractivity contribution in [2.45, 2.75) is 25.8 Å². The number of benzene rings is 1. The molecule has 0 bridgehead atoms. The first-order valence-electron chi connectivity index (χ1n) is 5.33. The van der Waals surface area contributed by atoms with E-state index in [0.29, 0.717) is 0 Å². The molecule has 3 nitrogen and oxygen atoms in total. The van der Waals surface area contributed by atoms with Gasteiger partial charge >= 0.3 is 0 Å². The number of hydrogen-bond acceptors (Lipinski definition) is 3. The van der Waals surface area contributed by atoms with E-state index < -0.39 is 0 Å². The van der Waals surface area contributed by atoms with Gasteiger partial charge in [-0.2, -0.15) is 0 Å². The van der Waals surface area contributed by atoms with Crippen molar-refractivity contribution in [3.8, 4) is 5.75 Å². The second-order valence-corrected chi connectivity index (χ2v) is 4.53. The lowest BCUT2D eigenvalue weighted by Crippen LogP contribution is -2.21. The van der Waals surface area contributed by atoms with E-state index in [1.165, 1.54) is 5.56 Å². The Morgan fingerprint density at radius 2 is 2.19 bits per heavy atom. The number of halogens is 1. The molecule has 0 fully saturated rings. The van der Waals surface area contributed by atoms with E-state index in [0.717, 1.165) is 23.1 Å². The second-order valence-electron chi connectivity index (χ2n) is 3.68. The summed E-state index contributed by atoms with van der Waals surface area (Å²) in [5, 5.41) is 0. The molecule has 0 spiro atoms. The summed E-state index contributed by atoms with van der Waals surface area (Å²) in [6.45, 7) is 2.35. The lowest BCUT2D eigenvalue weighted by molar-refractivity contribution is 0.0510. The fraction of sp³-hybridized carbons (Fsp3) is 0.500. The van der Waals surface area contributed by atoms with Crippen molar-refractivity contribution in [2.24, 2.45) is 5.73 Å². The monoisotopic (exact) mass is 287 g/mol. The molecule has 0 aliphatic heterocycles. The van der Waals surface area contributed by atoms with Crippen LogP contribution in [-0.4, -0.2) is 19.9 Å². The topological polar surface area (TPSA) is 44.5 Å². The minimum Gasteiger partial charge on any atom is -0.468 e. The average Bonchev–Trinajstić information content (AvgIpc) is 2.30. The fourth-order valence-corrected chi connectivity index (χ4v) is 1.76. The summed E-state index contributed by atoms with van der Waals surface area (Å²) in [6.07, 6.45) is 1.82. The van der Waals surface area contributed by atoms with Gasteiger partial charge in [-0.3, -0.25) is 0 Å². The van der Waals surface area contributed by atoms with Gasteiger partial charge in [0.15, 0.2) is 6.79 Å². The number of nitrogens with two attached hydrogens (primary N) is 1. The average molecular weight is 288 g/mol. The molecule has 0 saturated carbocycles. The molecule has 0 heterocycles. The summed E-state index contributed by atoms with van der Waals surface area (Å²) in [7, 11) is 1.60. The third kappa shape index (κ3) is 4.12. The van der Waals surface area contributed by atoms with Gasteiger partial charge in [-0.15, -0.1) is 0 Å². The lowest BCUT2D eigenvalue weighted by atomic mass is 10.0. The van der Waals surface area contributed by atoms with Crippen LogP contribution in [0.15, 0.2) is 22.7 Å². The van der Waals surface area contributed by atoms with Crippen molar-refractivity contribution in [3.63, 3.8) is 0 Å². The first-order chi connectivity index (χ1) is 7.67. The van der Waals surface area contributed by atoms with Gasteiger partial charge in [0.05, 0.1) is 0 Å². The predicted octanol–water partition coefficient (Wildman–Crippen LogP) is 2.71. The largest absolute Gasteiger partial charge is 0.468 e. The molecule has 1 atom stereocenters. The SMILES string of the molecule is CCC(N)Cc1cc(OCOC)ccc1Br. The zero-order valence-electron chi connectivity index (χ0n) is 9.70. The van der Waals surface area contributed by atoms with Gasteiger partial charge in [-0.05, 0) is 36.6 Å². The first-order valence-corrected chi connectivity index (χ1v) is 6.12. The normalized spacial score (nSPS) is 12.5. The number of rotatable bonds is 6. The van der Waals surface area contributed by atoms with Crippen LogP contribution in [0, 0.1) is 0 Å². The molecule has 1 aromatic carbocycles. The molecule has 0 saturated heterocycles. The van der Waals surface area contributed by atoms with Crippen LogP contribution in [0.2, 0.25) is 0 Å².